The van der Waals surface area contributed by atoms with Crippen molar-refractivity contribution in [1.82, 2.24) is 9.78 Å². The Balaban J connectivity index is 2.66. The highest BCUT2D eigenvalue weighted by molar-refractivity contribution is 9.10. The zero-order chi connectivity index (χ0) is 8.97. The van der Waals surface area contributed by atoms with Gasteiger partial charge in [0.25, 0.3) is 0 Å². The summed E-state index contributed by atoms with van der Waals surface area (Å²) in [5.41, 5.74) is 0. The van der Waals surface area contributed by atoms with Crippen LogP contribution in [0.5, 0.6) is 0 Å². The highest BCUT2D eigenvalue weighted by Gasteiger charge is 2.07. The molecule has 68 valence electrons. The lowest BCUT2D eigenvalue weighted by Crippen LogP contribution is -2.08. The van der Waals surface area contributed by atoms with Crippen LogP contribution in [0.2, 0.25) is 0 Å². The summed E-state index contributed by atoms with van der Waals surface area (Å²) in [5.74, 6) is 0. The Labute approximate surface area is 82.1 Å². The van der Waals surface area contributed by atoms with E-state index in [1.807, 2.05) is 16.9 Å². The maximum atomic E-state index is 4.33. The average molecular weight is 231 g/mol. The summed E-state index contributed by atoms with van der Waals surface area (Å²) < 4.78 is 2.98. The largest absolute Gasteiger partial charge is 0.269 e. The normalized spacial score (nSPS) is 13.2. The molecule has 0 saturated heterocycles. The second-order valence-corrected chi connectivity index (χ2v) is 3.78. The Kier molecular flexibility index (Phi) is 3.79. The quantitative estimate of drug-likeness (QED) is 0.776. The van der Waals surface area contributed by atoms with Gasteiger partial charge in [0, 0.05) is 6.20 Å². The SMILES string of the molecule is CCCC(CC)n1ccc(Br)n1. The Bertz CT molecular complexity index is 232. The zero-order valence-corrected chi connectivity index (χ0v) is 9.21. The van der Waals surface area contributed by atoms with Crippen LogP contribution in [-0.2, 0) is 0 Å². The molecule has 3 heteroatoms. The fourth-order valence-corrected chi connectivity index (χ4v) is 1.68. The summed E-state index contributed by atoms with van der Waals surface area (Å²) in [6.07, 6.45) is 5.62. The van der Waals surface area contributed by atoms with Gasteiger partial charge in [0.1, 0.15) is 4.60 Å². The van der Waals surface area contributed by atoms with Crippen molar-refractivity contribution in [1.29, 1.82) is 0 Å². The van der Waals surface area contributed by atoms with E-state index in [1.54, 1.807) is 0 Å². The van der Waals surface area contributed by atoms with E-state index < -0.39 is 0 Å². The minimum atomic E-state index is 0.571. The Morgan fingerprint density at radius 1 is 1.58 bits per heavy atom. The molecule has 1 rings (SSSR count). The first-order chi connectivity index (χ1) is 5.77. The maximum absolute atomic E-state index is 4.33. The van der Waals surface area contributed by atoms with Gasteiger partial charge in [-0.1, -0.05) is 20.3 Å². The lowest BCUT2D eigenvalue weighted by Gasteiger charge is -2.13. The molecule has 1 atom stereocenters. The van der Waals surface area contributed by atoms with Crippen LogP contribution in [-0.4, -0.2) is 9.78 Å². The molecule has 0 bridgehead atoms. The molecule has 0 aliphatic carbocycles. The van der Waals surface area contributed by atoms with Crippen LogP contribution in [0, 0.1) is 0 Å². The standard InChI is InChI=1S/C9H15BrN2/c1-3-5-8(4-2)12-7-6-9(10)11-12/h6-8H,3-5H2,1-2H3. The highest BCUT2D eigenvalue weighted by atomic mass is 79.9. The lowest BCUT2D eigenvalue weighted by molar-refractivity contribution is 0.408. The van der Waals surface area contributed by atoms with Crippen molar-refractivity contribution >= 4 is 15.9 Å². The second-order valence-electron chi connectivity index (χ2n) is 2.97. The summed E-state index contributed by atoms with van der Waals surface area (Å²) >= 11 is 3.35. The van der Waals surface area contributed by atoms with Crippen LogP contribution < -0.4 is 0 Å². The first-order valence-electron chi connectivity index (χ1n) is 4.48. The second kappa shape index (κ2) is 4.65. The van der Waals surface area contributed by atoms with E-state index in [1.165, 1.54) is 12.8 Å². The first kappa shape index (κ1) is 9.78. The number of nitrogens with zero attached hydrogens (tertiary/aromatic N) is 2. The van der Waals surface area contributed by atoms with Gasteiger partial charge in [-0.3, -0.25) is 4.68 Å². The van der Waals surface area contributed by atoms with Gasteiger partial charge >= 0.3 is 0 Å². The summed E-state index contributed by atoms with van der Waals surface area (Å²) in [6.45, 7) is 4.41. The summed E-state index contributed by atoms with van der Waals surface area (Å²) in [7, 11) is 0. The van der Waals surface area contributed by atoms with E-state index in [0.29, 0.717) is 6.04 Å². The minimum Gasteiger partial charge on any atom is -0.269 e. The van der Waals surface area contributed by atoms with E-state index in [4.69, 9.17) is 0 Å². The molecule has 1 heterocycles. The van der Waals surface area contributed by atoms with E-state index in [2.05, 4.69) is 34.9 Å². The van der Waals surface area contributed by atoms with E-state index in [-0.39, 0.29) is 0 Å². The fraction of sp³-hybridized carbons (Fsp3) is 0.667. The van der Waals surface area contributed by atoms with Gasteiger partial charge in [-0.25, -0.2) is 0 Å². The predicted molar refractivity (Wildman–Crippen MR) is 54.2 cm³/mol. The molecule has 1 aromatic rings. The molecule has 0 amide bonds. The van der Waals surface area contributed by atoms with Gasteiger partial charge < -0.3 is 0 Å². The smallest absolute Gasteiger partial charge is 0.128 e. The molecule has 0 aliphatic heterocycles. The fourth-order valence-electron chi connectivity index (χ4n) is 1.37. The molecule has 12 heavy (non-hydrogen) atoms. The Morgan fingerprint density at radius 2 is 2.33 bits per heavy atom. The third-order valence-electron chi connectivity index (χ3n) is 2.04. The molecule has 0 saturated carbocycles. The number of hydrogen-bond acceptors (Lipinski definition) is 1. The van der Waals surface area contributed by atoms with Crippen LogP contribution >= 0.6 is 15.9 Å². The van der Waals surface area contributed by atoms with Crippen molar-refractivity contribution < 1.29 is 0 Å². The monoisotopic (exact) mass is 230 g/mol. The van der Waals surface area contributed by atoms with Crippen LogP contribution in [0.1, 0.15) is 39.2 Å². The van der Waals surface area contributed by atoms with Crippen LogP contribution in [0.4, 0.5) is 0 Å². The van der Waals surface area contributed by atoms with Crippen molar-refractivity contribution in [2.45, 2.75) is 39.2 Å². The van der Waals surface area contributed by atoms with Crippen molar-refractivity contribution in [3.05, 3.63) is 16.9 Å². The molecule has 1 aromatic heterocycles. The average Bonchev–Trinajstić information content (AvgIpc) is 2.47. The van der Waals surface area contributed by atoms with Crippen LogP contribution in [0.3, 0.4) is 0 Å². The molecule has 0 spiro atoms. The summed E-state index contributed by atoms with van der Waals surface area (Å²) in [4.78, 5) is 0. The van der Waals surface area contributed by atoms with Gasteiger partial charge in [0.15, 0.2) is 0 Å². The third-order valence-corrected chi connectivity index (χ3v) is 2.47. The molecule has 0 fully saturated rings. The van der Waals surface area contributed by atoms with Gasteiger partial charge in [-0.2, -0.15) is 5.10 Å². The van der Waals surface area contributed by atoms with Crippen molar-refractivity contribution in [3.63, 3.8) is 0 Å². The van der Waals surface area contributed by atoms with E-state index >= 15 is 0 Å². The molecular formula is C9H15BrN2. The van der Waals surface area contributed by atoms with Gasteiger partial charge in [0.2, 0.25) is 0 Å². The first-order valence-corrected chi connectivity index (χ1v) is 5.27. The summed E-state index contributed by atoms with van der Waals surface area (Å²) in [6, 6.07) is 2.56. The molecule has 0 aliphatic rings. The zero-order valence-electron chi connectivity index (χ0n) is 7.63. The molecule has 0 N–H and O–H groups in total. The predicted octanol–water partition coefficient (Wildman–Crippen LogP) is 3.40. The van der Waals surface area contributed by atoms with E-state index in [0.717, 1.165) is 11.0 Å². The summed E-state index contributed by atoms with van der Waals surface area (Å²) in [5, 5.41) is 4.33. The van der Waals surface area contributed by atoms with Crippen LogP contribution in [0.15, 0.2) is 16.9 Å². The minimum absolute atomic E-state index is 0.571. The van der Waals surface area contributed by atoms with Crippen molar-refractivity contribution in [2.75, 3.05) is 0 Å². The van der Waals surface area contributed by atoms with Gasteiger partial charge in [0.05, 0.1) is 6.04 Å². The number of halogens is 1. The topological polar surface area (TPSA) is 17.8 Å². The number of hydrogen-bond donors (Lipinski definition) is 0. The number of rotatable bonds is 4. The number of aromatic nitrogens is 2. The molecule has 0 radical (unpaired) electrons. The molecular weight excluding hydrogens is 216 g/mol. The van der Waals surface area contributed by atoms with Gasteiger partial charge in [-0.05, 0) is 34.8 Å². The van der Waals surface area contributed by atoms with Crippen molar-refractivity contribution in [3.8, 4) is 0 Å². The van der Waals surface area contributed by atoms with E-state index in [9.17, 15) is 0 Å². The van der Waals surface area contributed by atoms with Crippen LogP contribution in [0.25, 0.3) is 0 Å². The lowest BCUT2D eigenvalue weighted by atomic mass is 10.1. The Morgan fingerprint density at radius 3 is 2.75 bits per heavy atom. The molecule has 1 unspecified atom stereocenters. The maximum Gasteiger partial charge on any atom is 0.128 e. The highest BCUT2D eigenvalue weighted by Crippen LogP contribution is 2.18. The third kappa shape index (κ3) is 2.34. The molecule has 2 nitrogen and oxygen atoms in total. The van der Waals surface area contributed by atoms with Crippen molar-refractivity contribution in [2.24, 2.45) is 0 Å². The molecule has 0 aromatic carbocycles. The Hall–Kier alpha value is -0.310. The van der Waals surface area contributed by atoms with Gasteiger partial charge in [-0.15, -0.1) is 0 Å².